The lowest BCUT2D eigenvalue weighted by Crippen LogP contribution is -2.37. The van der Waals surface area contributed by atoms with Gasteiger partial charge in [-0.15, -0.1) is 10.2 Å². The van der Waals surface area contributed by atoms with Crippen LogP contribution in [0.25, 0.3) is 17.3 Å². The quantitative estimate of drug-likeness (QED) is 0.598. The number of hydrogen-bond donors (Lipinski definition) is 0. The van der Waals surface area contributed by atoms with Gasteiger partial charge in [-0.3, -0.25) is 9.36 Å². The van der Waals surface area contributed by atoms with E-state index in [2.05, 4.69) is 10.2 Å². The summed E-state index contributed by atoms with van der Waals surface area (Å²) in [4.78, 5) is 15.0. The molecule has 6 nitrogen and oxygen atoms in total. The summed E-state index contributed by atoms with van der Waals surface area (Å²) in [6, 6.07) is 13.6. The Morgan fingerprint density at radius 1 is 1.04 bits per heavy atom. The first-order valence-corrected chi connectivity index (χ1v) is 10.6. The van der Waals surface area contributed by atoms with Gasteiger partial charge >= 0.3 is 0 Å². The number of aromatic nitrogens is 3. The molecule has 4 rings (SSSR count). The Kier molecular flexibility index (Phi) is 5.81. The molecule has 1 amide bonds. The topological polar surface area (TPSA) is 64.2 Å². The molecular weight excluding hydrogens is 372 g/mol. The number of hydrogen-bond acceptors (Lipinski definition) is 5. The van der Waals surface area contributed by atoms with Gasteiger partial charge < -0.3 is 9.32 Å². The third-order valence-electron chi connectivity index (χ3n) is 4.94. The second-order valence-electron chi connectivity index (χ2n) is 6.95. The largest absolute Gasteiger partial charge is 0.461 e. The zero-order chi connectivity index (χ0) is 19.3. The van der Waals surface area contributed by atoms with Crippen molar-refractivity contribution in [2.24, 2.45) is 0 Å². The number of benzene rings is 1. The smallest absolute Gasteiger partial charge is 0.235 e. The van der Waals surface area contributed by atoms with E-state index in [0.29, 0.717) is 16.7 Å². The summed E-state index contributed by atoms with van der Waals surface area (Å²) in [5.41, 5.74) is 0.941. The van der Waals surface area contributed by atoms with E-state index in [4.69, 9.17) is 4.42 Å². The highest BCUT2D eigenvalue weighted by Gasteiger charge is 2.26. The Morgan fingerprint density at radius 3 is 2.46 bits per heavy atom. The molecule has 0 aliphatic carbocycles. The normalized spacial score (nSPS) is 16.0. The summed E-state index contributed by atoms with van der Waals surface area (Å²) < 4.78 is 7.50. The molecule has 0 spiro atoms. The van der Waals surface area contributed by atoms with E-state index in [0.717, 1.165) is 31.6 Å². The molecule has 1 aliphatic rings. The van der Waals surface area contributed by atoms with Crippen molar-refractivity contribution >= 4 is 17.7 Å². The average molecular weight is 397 g/mol. The minimum atomic E-state index is -0.228. The number of nitrogens with zero attached hydrogens (tertiary/aromatic N) is 4. The van der Waals surface area contributed by atoms with Crippen LogP contribution >= 0.6 is 11.8 Å². The summed E-state index contributed by atoms with van der Waals surface area (Å²) in [5, 5.41) is 9.19. The number of likely N-dealkylation sites (tertiary alicyclic amines) is 1. The second kappa shape index (κ2) is 8.65. The zero-order valence-electron chi connectivity index (χ0n) is 16.0. The van der Waals surface area contributed by atoms with E-state index >= 15 is 0 Å². The molecule has 7 heteroatoms. The second-order valence-corrected chi connectivity index (χ2v) is 8.26. The van der Waals surface area contributed by atoms with Crippen LogP contribution in [0.2, 0.25) is 0 Å². The molecule has 3 aromatic rings. The molecule has 1 saturated heterocycles. The van der Waals surface area contributed by atoms with Crippen molar-refractivity contribution in [3.8, 4) is 17.3 Å². The van der Waals surface area contributed by atoms with E-state index in [1.54, 1.807) is 6.26 Å². The number of thioether (sulfide) groups is 1. The highest BCUT2D eigenvalue weighted by molar-refractivity contribution is 8.00. The van der Waals surface area contributed by atoms with Gasteiger partial charge in [0.25, 0.3) is 0 Å². The number of rotatable bonds is 5. The Labute approximate surface area is 168 Å². The average Bonchev–Trinajstić information content (AvgIpc) is 3.31. The Morgan fingerprint density at radius 2 is 1.79 bits per heavy atom. The minimum Gasteiger partial charge on any atom is -0.461 e. The third kappa shape index (κ3) is 3.99. The van der Waals surface area contributed by atoms with Crippen LogP contribution in [0.1, 0.15) is 32.6 Å². The summed E-state index contributed by atoms with van der Waals surface area (Å²) in [6.07, 6.45) is 6.22. The van der Waals surface area contributed by atoms with Crippen molar-refractivity contribution in [3.63, 3.8) is 0 Å². The molecule has 1 aromatic carbocycles. The van der Waals surface area contributed by atoms with E-state index < -0.39 is 0 Å². The summed E-state index contributed by atoms with van der Waals surface area (Å²) in [5.74, 6) is 1.46. The molecule has 1 unspecified atom stereocenters. The van der Waals surface area contributed by atoms with Crippen LogP contribution in [-0.2, 0) is 4.79 Å². The van der Waals surface area contributed by atoms with E-state index in [9.17, 15) is 4.79 Å². The molecule has 1 atom stereocenters. The van der Waals surface area contributed by atoms with Crippen molar-refractivity contribution in [1.82, 2.24) is 19.7 Å². The van der Waals surface area contributed by atoms with Crippen LogP contribution in [0.4, 0.5) is 0 Å². The van der Waals surface area contributed by atoms with Gasteiger partial charge in [-0.2, -0.15) is 0 Å². The van der Waals surface area contributed by atoms with Crippen LogP contribution in [0.3, 0.4) is 0 Å². The maximum absolute atomic E-state index is 13.0. The van der Waals surface area contributed by atoms with Gasteiger partial charge in [0.05, 0.1) is 11.5 Å². The molecule has 3 heterocycles. The van der Waals surface area contributed by atoms with Crippen molar-refractivity contribution in [2.45, 2.75) is 43.0 Å². The maximum atomic E-state index is 13.0. The first kappa shape index (κ1) is 18.8. The molecule has 28 heavy (non-hydrogen) atoms. The fourth-order valence-corrected chi connectivity index (χ4v) is 4.43. The van der Waals surface area contributed by atoms with Crippen LogP contribution in [0, 0.1) is 0 Å². The number of para-hydroxylation sites is 1. The first-order valence-electron chi connectivity index (χ1n) is 9.74. The molecule has 1 fully saturated rings. The van der Waals surface area contributed by atoms with Crippen LogP contribution in [0.5, 0.6) is 0 Å². The van der Waals surface area contributed by atoms with Crippen molar-refractivity contribution in [2.75, 3.05) is 13.1 Å². The number of amides is 1. The Balaban J connectivity index is 1.61. The number of carbonyl (C=O) groups excluding carboxylic acids is 1. The molecule has 2 aromatic heterocycles. The summed E-state index contributed by atoms with van der Waals surface area (Å²) >= 11 is 1.45. The lowest BCUT2D eigenvalue weighted by molar-refractivity contribution is -0.130. The van der Waals surface area contributed by atoms with Gasteiger partial charge in [0, 0.05) is 18.8 Å². The SMILES string of the molecule is CC(Sc1nnc(-c2ccco2)n1-c1ccccc1)C(=O)N1CCCCCC1. The van der Waals surface area contributed by atoms with E-state index in [1.807, 2.05) is 58.9 Å². The third-order valence-corrected chi connectivity index (χ3v) is 5.97. The molecule has 0 saturated carbocycles. The van der Waals surface area contributed by atoms with Crippen LogP contribution in [-0.4, -0.2) is 43.9 Å². The van der Waals surface area contributed by atoms with Gasteiger partial charge in [-0.25, -0.2) is 0 Å². The van der Waals surface area contributed by atoms with E-state index in [-0.39, 0.29) is 11.2 Å². The Bertz CT molecular complexity index is 900. The van der Waals surface area contributed by atoms with Gasteiger partial charge in [-0.1, -0.05) is 42.8 Å². The predicted molar refractivity (Wildman–Crippen MR) is 109 cm³/mol. The predicted octanol–water partition coefficient (Wildman–Crippen LogP) is 4.41. The number of furan rings is 1. The van der Waals surface area contributed by atoms with E-state index in [1.165, 1.54) is 24.6 Å². The maximum Gasteiger partial charge on any atom is 0.235 e. The minimum absolute atomic E-state index is 0.175. The molecule has 0 bridgehead atoms. The standard InChI is InChI=1S/C21H24N4O2S/c1-16(20(26)24-13-7-2-3-8-14-24)28-21-23-22-19(18-12-9-15-27-18)25(21)17-10-5-4-6-11-17/h4-6,9-12,15-16H,2-3,7-8,13-14H2,1H3. The van der Waals surface area contributed by atoms with Crippen molar-refractivity contribution in [1.29, 1.82) is 0 Å². The van der Waals surface area contributed by atoms with Crippen LogP contribution < -0.4 is 0 Å². The molecule has 0 N–H and O–H groups in total. The molecule has 1 aliphatic heterocycles. The summed E-state index contributed by atoms with van der Waals surface area (Å²) in [6.45, 7) is 3.66. The van der Waals surface area contributed by atoms with Gasteiger partial charge in [0.15, 0.2) is 10.9 Å². The highest BCUT2D eigenvalue weighted by atomic mass is 32.2. The molecular formula is C21H24N4O2S. The van der Waals surface area contributed by atoms with Gasteiger partial charge in [0.1, 0.15) is 0 Å². The highest BCUT2D eigenvalue weighted by Crippen LogP contribution is 2.31. The fourth-order valence-electron chi connectivity index (χ4n) is 3.48. The number of carbonyl (C=O) groups is 1. The lowest BCUT2D eigenvalue weighted by Gasteiger charge is -2.23. The lowest BCUT2D eigenvalue weighted by atomic mass is 10.2. The summed E-state index contributed by atoms with van der Waals surface area (Å²) in [7, 11) is 0. The van der Waals surface area contributed by atoms with Crippen molar-refractivity contribution in [3.05, 3.63) is 48.7 Å². The monoisotopic (exact) mass is 396 g/mol. The molecule has 146 valence electrons. The van der Waals surface area contributed by atoms with Gasteiger partial charge in [-0.05, 0) is 44.0 Å². The first-order chi connectivity index (χ1) is 13.7. The molecule has 0 radical (unpaired) electrons. The van der Waals surface area contributed by atoms with Crippen molar-refractivity contribution < 1.29 is 9.21 Å². The van der Waals surface area contributed by atoms with Gasteiger partial charge in [0.2, 0.25) is 11.7 Å². The van der Waals surface area contributed by atoms with Crippen LogP contribution in [0.15, 0.2) is 58.3 Å². The fraction of sp³-hybridized carbons (Fsp3) is 0.381. The zero-order valence-corrected chi connectivity index (χ0v) is 16.8. The Hall–Kier alpha value is -2.54.